The fourth-order valence-electron chi connectivity index (χ4n) is 3.28. The Kier molecular flexibility index (Phi) is 3.79. The van der Waals surface area contributed by atoms with Gasteiger partial charge in [0.05, 0.1) is 0 Å². The Labute approximate surface area is 125 Å². The van der Waals surface area contributed by atoms with Crippen LogP contribution in [-0.2, 0) is 19.4 Å². The zero-order valence-electron chi connectivity index (χ0n) is 12.3. The normalized spacial score (nSPS) is 16.2. The van der Waals surface area contributed by atoms with Crippen molar-refractivity contribution in [2.45, 2.75) is 24.9 Å². The molecule has 2 aromatic carbocycles. The second-order valence-corrected chi connectivity index (χ2v) is 6.03. The Balaban J connectivity index is 1.79. The first-order valence-electron chi connectivity index (χ1n) is 7.35. The van der Waals surface area contributed by atoms with E-state index >= 15 is 0 Å². The first kappa shape index (κ1) is 14.2. The summed E-state index contributed by atoms with van der Waals surface area (Å²) in [5, 5.41) is 0. The second-order valence-electron chi connectivity index (χ2n) is 6.03. The number of benzene rings is 2. The van der Waals surface area contributed by atoms with Gasteiger partial charge in [-0.15, -0.1) is 0 Å². The van der Waals surface area contributed by atoms with Gasteiger partial charge in [0.15, 0.2) is 0 Å². The topological polar surface area (TPSA) is 29.3 Å². The quantitative estimate of drug-likeness (QED) is 0.935. The van der Waals surface area contributed by atoms with Crippen LogP contribution >= 0.6 is 0 Å². The summed E-state index contributed by atoms with van der Waals surface area (Å²) in [6.07, 6.45) is 1.97. The molecule has 0 amide bonds. The molecule has 0 aromatic heterocycles. The van der Waals surface area contributed by atoms with E-state index in [4.69, 9.17) is 5.73 Å². The summed E-state index contributed by atoms with van der Waals surface area (Å²) < 4.78 is 13.0. The third-order valence-corrected chi connectivity index (χ3v) is 4.68. The molecule has 3 rings (SSSR count). The molecule has 0 heterocycles. The predicted molar refractivity (Wildman–Crippen MR) is 83.5 cm³/mol. The molecule has 0 bridgehead atoms. The molecule has 0 saturated heterocycles. The van der Waals surface area contributed by atoms with E-state index in [-0.39, 0.29) is 11.4 Å². The highest BCUT2D eigenvalue weighted by molar-refractivity contribution is 5.36. The third kappa shape index (κ3) is 2.71. The van der Waals surface area contributed by atoms with Gasteiger partial charge in [0.2, 0.25) is 0 Å². The lowest BCUT2D eigenvalue weighted by Gasteiger charge is -2.38. The summed E-state index contributed by atoms with van der Waals surface area (Å²) in [6.45, 7) is 1.41. The summed E-state index contributed by atoms with van der Waals surface area (Å²) in [5.41, 5.74) is 10.0. The van der Waals surface area contributed by atoms with E-state index in [9.17, 15) is 4.39 Å². The van der Waals surface area contributed by atoms with Crippen LogP contribution < -0.4 is 5.73 Å². The van der Waals surface area contributed by atoms with Gasteiger partial charge in [-0.05, 0) is 48.7 Å². The zero-order chi connectivity index (χ0) is 14.9. The van der Waals surface area contributed by atoms with Crippen molar-refractivity contribution in [3.63, 3.8) is 0 Å². The van der Waals surface area contributed by atoms with Gasteiger partial charge in [-0.3, -0.25) is 4.90 Å². The van der Waals surface area contributed by atoms with Crippen molar-refractivity contribution in [2.24, 2.45) is 5.73 Å². The molecule has 110 valence electrons. The van der Waals surface area contributed by atoms with Crippen LogP contribution in [0.3, 0.4) is 0 Å². The fraction of sp³-hybridized carbons (Fsp3) is 0.333. The van der Waals surface area contributed by atoms with E-state index in [0.717, 1.165) is 24.9 Å². The van der Waals surface area contributed by atoms with Gasteiger partial charge in [-0.2, -0.15) is 0 Å². The lowest BCUT2D eigenvalue weighted by atomic mass is 9.93. The minimum absolute atomic E-state index is 0.0297. The van der Waals surface area contributed by atoms with Crippen molar-refractivity contribution in [1.82, 2.24) is 4.90 Å². The van der Waals surface area contributed by atoms with Crippen molar-refractivity contribution < 1.29 is 4.39 Å². The van der Waals surface area contributed by atoms with Gasteiger partial charge in [-0.25, -0.2) is 4.39 Å². The smallest absolute Gasteiger partial charge is 0.123 e. The van der Waals surface area contributed by atoms with Crippen LogP contribution in [-0.4, -0.2) is 24.0 Å². The average Bonchev–Trinajstić information content (AvgIpc) is 2.89. The van der Waals surface area contributed by atoms with Crippen LogP contribution in [0.1, 0.15) is 16.7 Å². The van der Waals surface area contributed by atoms with Crippen LogP contribution in [0.15, 0.2) is 48.5 Å². The number of nitrogens with zero attached hydrogens (tertiary/aromatic N) is 1. The summed E-state index contributed by atoms with van der Waals surface area (Å²) in [5.74, 6) is -0.191. The van der Waals surface area contributed by atoms with Crippen molar-refractivity contribution >= 4 is 0 Å². The molecule has 1 aliphatic carbocycles. The van der Waals surface area contributed by atoms with E-state index in [1.807, 2.05) is 12.1 Å². The van der Waals surface area contributed by atoms with Crippen LogP contribution in [0.25, 0.3) is 0 Å². The van der Waals surface area contributed by atoms with Crippen LogP contribution in [0.2, 0.25) is 0 Å². The summed E-state index contributed by atoms with van der Waals surface area (Å²) in [6, 6.07) is 15.3. The second kappa shape index (κ2) is 5.58. The van der Waals surface area contributed by atoms with Crippen molar-refractivity contribution in [3.05, 3.63) is 71.0 Å². The molecule has 3 heteroatoms. The number of hydrogen-bond acceptors (Lipinski definition) is 2. The number of halogens is 1. The minimum Gasteiger partial charge on any atom is -0.329 e. The van der Waals surface area contributed by atoms with E-state index in [0.29, 0.717) is 6.54 Å². The molecule has 0 aliphatic heterocycles. The number of rotatable bonds is 4. The van der Waals surface area contributed by atoms with Crippen molar-refractivity contribution in [2.75, 3.05) is 13.6 Å². The molecule has 0 radical (unpaired) electrons. The Morgan fingerprint density at radius 3 is 2.14 bits per heavy atom. The molecule has 0 saturated carbocycles. The Bertz CT molecular complexity index is 596. The van der Waals surface area contributed by atoms with E-state index in [2.05, 4.69) is 36.2 Å². The average molecular weight is 284 g/mol. The van der Waals surface area contributed by atoms with Gasteiger partial charge in [0.25, 0.3) is 0 Å². The molecule has 0 unspecified atom stereocenters. The minimum atomic E-state index is -0.191. The molecule has 0 fully saturated rings. The lowest BCUT2D eigenvalue weighted by Crippen LogP contribution is -2.52. The SMILES string of the molecule is CN(Cc1ccc(F)cc1)C1(CN)Cc2ccccc2C1. The standard InChI is InChI=1S/C18H21FN2/c1-21(12-14-6-8-17(19)9-7-14)18(13-20)10-15-4-2-3-5-16(15)11-18/h2-9H,10-13,20H2,1H3. The predicted octanol–water partition coefficient (Wildman–Crippen LogP) is 2.75. The van der Waals surface area contributed by atoms with Crippen LogP contribution in [0, 0.1) is 5.82 Å². The maximum atomic E-state index is 13.0. The molecular weight excluding hydrogens is 263 g/mol. The molecule has 2 aromatic rings. The highest BCUT2D eigenvalue weighted by Gasteiger charge is 2.39. The maximum Gasteiger partial charge on any atom is 0.123 e. The molecule has 0 atom stereocenters. The lowest BCUT2D eigenvalue weighted by molar-refractivity contribution is 0.127. The largest absolute Gasteiger partial charge is 0.329 e. The number of nitrogens with two attached hydrogens (primary N) is 1. The van der Waals surface area contributed by atoms with E-state index < -0.39 is 0 Å². The fourth-order valence-corrected chi connectivity index (χ4v) is 3.28. The molecule has 2 nitrogen and oxygen atoms in total. The molecule has 21 heavy (non-hydrogen) atoms. The summed E-state index contributed by atoms with van der Waals surface area (Å²) in [4.78, 5) is 2.32. The first-order valence-corrected chi connectivity index (χ1v) is 7.35. The highest BCUT2D eigenvalue weighted by Crippen LogP contribution is 2.34. The molecule has 0 spiro atoms. The Hall–Kier alpha value is -1.71. The van der Waals surface area contributed by atoms with Gasteiger partial charge in [0.1, 0.15) is 5.82 Å². The molecule has 2 N–H and O–H groups in total. The molecule has 1 aliphatic rings. The van der Waals surface area contributed by atoms with E-state index in [1.165, 1.54) is 23.3 Å². The maximum absolute atomic E-state index is 13.0. The zero-order valence-corrected chi connectivity index (χ0v) is 12.3. The monoisotopic (exact) mass is 284 g/mol. The van der Waals surface area contributed by atoms with Gasteiger partial charge in [-0.1, -0.05) is 36.4 Å². The highest BCUT2D eigenvalue weighted by atomic mass is 19.1. The Morgan fingerprint density at radius 2 is 1.62 bits per heavy atom. The van der Waals surface area contributed by atoms with Gasteiger partial charge >= 0.3 is 0 Å². The van der Waals surface area contributed by atoms with Crippen molar-refractivity contribution in [1.29, 1.82) is 0 Å². The summed E-state index contributed by atoms with van der Waals surface area (Å²) >= 11 is 0. The Morgan fingerprint density at radius 1 is 1.05 bits per heavy atom. The van der Waals surface area contributed by atoms with Crippen LogP contribution in [0.5, 0.6) is 0 Å². The first-order chi connectivity index (χ1) is 10.1. The van der Waals surface area contributed by atoms with Gasteiger partial charge < -0.3 is 5.73 Å². The van der Waals surface area contributed by atoms with Crippen molar-refractivity contribution in [3.8, 4) is 0 Å². The third-order valence-electron chi connectivity index (χ3n) is 4.68. The number of hydrogen-bond donors (Lipinski definition) is 1. The van der Waals surface area contributed by atoms with Crippen LogP contribution in [0.4, 0.5) is 4.39 Å². The number of likely N-dealkylation sites (N-methyl/N-ethyl adjacent to an activating group) is 1. The number of fused-ring (bicyclic) bond motifs is 1. The van der Waals surface area contributed by atoms with Gasteiger partial charge in [0, 0.05) is 18.6 Å². The summed E-state index contributed by atoms with van der Waals surface area (Å²) in [7, 11) is 2.11. The molecular formula is C18H21FN2. The van der Waals surface area contributed by atoms with E-state index in [1.54, 1.807) is 0 Å².